The zero-order valence-corrected chi connectivity index (χ0v) is 11.8. The maximum absolute atomic E-state index is 12.3. The van der Waals surface area contributed by atoms with Gasteiger partial charge in [0.15, 0.2) is 0 Å². The lowest BCUT2D eigenvalue weighted by Crippen LogP contribution is -2.56. The van der Waals surface area contributed by atoms with Crippen LogP contribution in [0.1, 0.15) is 24.2 Å². The monoisotopic (exact) mass is 302 g/mol. The highest BCUT2D eigenvalue weighted by Crippen LogP contribution is 2.23. The Balaban J connectivity index is 2.14. The Hall–Kier alpha value is -0.390. The second kappa shape index (κ2) is 4.85. The zero-order valence-electron chi connectivity index (χ0n) is 9.37. The number of hydrogen-bond donors (Lipinski definition) is 1. The average molecular weight is 303 g/mol. The van der Waals surface area contributed by atoms with Gasteiger partial charge in [-0.3, -0.25) is 4.79 Å². The van der Waals surface area contributed by atoms with Gasteiger partial charge in [-0.1, -0.05) is 0 Å². The molecule has 1 N–H and O–H groups in total. The molecule has 1 aromatic rings. The lowest BCUT2D eigenvalue weighted by atomic mass is 10.1. The van der Waals surface area contributed by atoms with Crippen molar-refractivity contribution in [1.82, 2.24) is 10.2 Å². The fraction of sp³-hybridized carbons (Fsp3) is 0.545. The number of piperazine rings is 1. The van der Waals surface area contributed by atoms with Crippen molar-refractivity contribution >= 4 is 33.2 Å². The van der Waals surface area contributed by atoms with Gasteiger partial charge < -0.3 is 10.2 Å². The second-order valence-corrected chi connectivity index (χ2v) is 6.55. The number of nitrogens with one attached hydrogen (secondary N) is 1. The van der Waals surface area contributed by atoms with E-state index in [-0.39, 0.29) is 11.9 Å². The number of carbonyl (C=O) groups excluding carboxylic acids is 1. The van der Waals surface area contributed by atoms with Crippen LogP contribution in [0, 0.1) is 0 Å². The molecule has 1 aliphatic rings. The average Bonchev–Trinajstić information content (AvgIpc) is 2.67. The zero-order chi connectivity index (χ0) is 11.7. The summed E-state index contributed by atoms with van der Waals surface area (Å²) in [4.78, 5) is 14.2. The molecule has 0 aromatic carbocycles. The van der Waals surface area contributed by atoms with Gasteiger partial charge in [0.1, 0.15) is 0 Å². The van der Waals surface area contributed by atoms with Crippen LogP contribution >= 0.6 is 27.3 Å². The minimum atomic E-state index is 0.141. The highest BCUT2D eigenvalue weighted by molar-refractivity contribution is 9.11. The first-order chi connectivity index (χ1) is 7.58. The Kier molecular flexibility index (Phi) is 3.66. The molecule has 3 nitrogen and oxygen atoms in total. The molecule has 0 radical (unpaired) electrons. The number of hydrogen-bond acceptors (Lipinski definition) is 3. The van der Waals surface area contributed by atoms with Gasteiger partial charge in [-0.15, -0.1) is 11.3 Å². The molecule has 0 bridgehead atoms. The minimum absolute atomic E-state index is 0.141. The van der Waals surface area contributed by atoms with E-state index in [1.165, 1.54) is 0 Å². The van der Waals surface area contributed by atoms with Crippen LogP contribution in [0.2, 0.25) is 0 Å². The van der Waals surface area contributed by atoms with Gasteiger partial charge in [0.2, 0.25) is 0 Å². The van der Waals surface area contributed by atoms with Gasteiger partial charge in [-0.25, -0.2) is 0 Å². The third kappa shape index (κ3) is 2.47. The predicted octanol–water partition coefficient (Wildman–Crippen LogP) is 2.33. The molecule has 1 saturated heterocycles. The lowest BCUT2D eigenvalue weighted by Gasteiger charge is -2.37. The van der Waals surface area contributed by atoms with Crippen LogP contribution in [0.25, 0.3) is 0 Å². The lowest BCUT2D eigenvalue weighted by molar-refractivity contribution is 0.0617. The van der Waals surface area contributed by atoms with Crippen molar-refractivity contribution in [2.75, 3.05) is 13.1 Å². The molecule has 1 aliphatic heterocycles. The van der Waals surface area contributed by atoms with Crippen molar-refractivity contribution in [2.45, 2.75) is 25.9 Å². The summed E-state index contributed by atoms with van der Waals surface area (Å²) in [5, 5.41) is 5.28. The SMILES string of the molecule is CC1CN(C(=O)c2csc(Br)c2)C(C)CN1. The van der Waals surface area contributed by atoms with Crippen LogP contribution in [-0.2, 0) is 0 Å². The Morgan fingerprint density at radius 3 is 3.00 bits per heavy atom. The first-order valence-electron chi connectivity index (χ1n) is 5.36. The van der Waals surface area contributed by atoms with Crippen LogP contribution in [0.5, 0.6) is 0 Å². The number of nitrogens with zero attached hydrogens (tertiary/aromatic N) is 1. The van der Waals surface area contributed by atoms with Gasteiger partial charge >= 0.3 is 0 Å². The van der Waals surface area contributed by atoms with Crippen molar-refractivity contribution in [3.05, 3.63) is 20.8 Å². The van der Waals surface area contributed by atoms with Crippen molar-refractivity contribution in [2.24, 2.45) is 0 Å². The summed E-state index contributed by atoms with van der Waals surface area (Å²) in [6.07, 6.45) is 0. The highest BCUT2D eigenvalue weighted by atomic mass is 79.9. The Morgan fingerprint density at radius 2 is 2.38 bits per heavy atom. The molecule has 2 rings (SSSR count). The predicted molar refractivity (Wildman–Crippen MR) is 70.0 cm³/mol. The molecule has 0 aliphatic carbocycles. The molecule has 2 atom stereocenters. The fourth-order valence-electron chi connectivity index (χ4n) is 1.89. The molecular weight excluding hydrogens is 288 g/mol. The largest absolute Gasteiger partial charge is 0.333 e. The first kappa shape index (κ1) is 12.1. The minimum Gasteiger partial charge on any atom is -0.333 e. The molecule has 0 saturated carbocycles. The van der Waals surface area contributed by atoms with E-state index in [1.807, 2.05) is 16.3 Å². The molecule has 2 heterocycles. The summed E-state index contributed by atoms with van der Waals surface area (Å²) < 4.78 is 1.01. The van der Waals surface area contributed by atoms with Crippen LogP contribution < -0.4 is 5.32 Å². The van der Waals surface area contributed by atoms with Gasteiger partial charge in [-0.2, -0.15) is 0 Å². The van der Waals surface area contributed by atoms with E-state index in [2.05, 4.69) is 35.1 Å². The first-order valence-corrected chi connectivity index (χ1v) is 7.03. The Bertz CT molecular complexity index is 393. The number of rotatable bonds is 1. The van der Waals surface area contributed by atoms with Crippen molar-refractivity contribution in [3.8, 4) is 0 Å². The molecule has 1 amide bonds. The third-order valence-corrected chi connectivity index (χ3v) is 4.34. The van der Waals surface area contributed by atoms with Crippen LogP contribution in [0.15, 0.2) is 15.2 Å². The molecule has 16 heavy (non-hydrogen) atoms. The van der Waals surface area contributed by atoms with Crippen LogP contribution in [0.4, 0.5) is 0 Å². The van der Waals surface area contributed by atoms with E-state index in [1.54, 1.807) is 11.3 Å². The quantitative estimate of drug-likeness (QED) is 0.863. The topological polar surface area (TPSA) is 32.3 Å². The standard InChI is InChI=1S/C11H15BrN2OS/c1-7-5-14(8(2)4-13-7)11(15)9-3-10(12)16-6-9/h3,6-8,13H,4-5H2,1-2H3. The molecular formula is C11H15BrN2OS. The van der Waals surface area contributed by atoms with Gasteiger partial charge in [0.05, 0.1) is 9.35 Å². The summed E-state index contributed by atoms with van der Waals surface area (Å²) in [5.41, 5.74) is 0.790. The summed E-state index contributed by atoms with van der Waals surface area (Å²) in [6, 6.07) is 2.54. The number of carbonyl (C=O) groups is 1. The van der Waals surface area contributed by atoms with E-state index in [9.17, 15) is 4.79 Å². The summed E-state index contributed by atoms with van der Waals surface area (Å²) >= 11 is 4.94. The Labute approximate surface area is 108 Å². The fourth-order valence-corrected chi connectivity index (χ4v) is 3.02. The normalized spacial score (nSPS) is 25.8. The second-order valence-electron chi connectivity index (χ2n) is 4.26. The molecule has 0 spiro atoms. The molecule has 1 fully saturated rings. The van der Waals surface area contributed by atoms with Gasteiger partial charge in [0, 0.05) is 30.6 Å². The van der Waals surface area contributed by atoms with E-state index in [0.29, 0.717) is 6.04 Å². The van der Waals surface area contributed by atoms with E-state index in [0.717, 1.165) is 22.4 Å². The van der Waals surface area contributed by atoms with Crippen LogP contribution in [-0.4, -0.2) is 36.0 Å². The van der Waals surface area contributed by atoms with Gasteiger partial charge in [0.25, 0.3) is 5.91 Å². The molecule has 88 valence electrons. The van der Waals surface area contributed by atoms with E-state index >= 15 is 0 Å². The van der Waals surface area contributed by atoms with E-state index < -0.39 is 0 Å². The summed E-state index contributed by atoms with van der Waals surface area (Å²) in [7, 11) is 0. The summed E-state index contributed by atoms with van der Waals surface area (Å²) in [5.74, 6) is 0.141. The summed E-state index contributed by atoms with van der Waals surface area (Å²) in [6.45, 7) is 5.85. The maximum Gasteiger partial charge on any atom is 0.255 e. The van der Waals surface area contributed by atoms with Gasteiger partial charge in [-0.05, 0) is 35.8 Å². The third-order valence-electron chi connectivity index (χ3n) is 2.84. The smallest absolute Gasteiger partial charge is 0.255 e. The van der Waals surface area contributed by atoms with Crippen molar-refractivity contribution in [1.29, 1.82) is 0 Å². The van der Waals surface area contributed by atoms with E-state index in [4.69, 9.17) is 0 Å². The Morgan fingerprint density at radius 1 is 1.62 bits per heavy atom. The molecule has 1 aromatic heterocycles. The number of amides is 1. The maximum atomic E-state index is 12.3. The highest BCUT2D eigenvalue weighted by Gasteiger charge is 2.27. The molecule has 2 unspecified atom stereocenters. The number of thiophene rings is 1. The number of halogens is 1. The molecule has 5 heteroatoms. The van der Waals surface area contributed by atoms with Crippen molar-refractivity contribution in [3.63, 3.8) is 0 Å². The van der Waals surface area contributed by atoms with Crippen LogP contribution in [0.3, 0.4) is 0 Å². The van der Waals surface area contributed by atoms with Crippen molar-refractivity contribution < 1.29 is 4.79 Å².